The van der Waals surface area contributed by atoms with Crippen LogP contribution in [-0.2, 0) is 17.6 Å². The number of benzene rings is 1. The van der Waals surface area contributed by atoms with E-state index in [1.807, 2.05) is 18.2 Å². The quantitative estimate of drug-likeness (QED) is 0.786. The number of aryl methyl sites for hydroxylation is 1. The predicted molar refractivity (Wildman–Crippen MR) is 67.9 cm³/mol. The molecule has 0 saturated heterocycles. The maximum atomic E-state index is 11.6. The van der Waals surface area contributed by atoms with Gasteiger partial charge in [-0.25, -0.2) is 5.01 Å². The molecule has 1 rings (SSSR count). The minimum absolute atomic E-state index is 0.0118. The van der Waals surface area contributed by atoms with Crippen LogP contribution in [0.2, 0.25) is 0 Å². The highest BCUT2D eigenvalue weighted by atomic mass is 16.5. The molecule has 0 radical (unpaired) electrons. The van der Waals surface area contributed by atoms with E-state index >= 15 is 0 Å². The zero-order valence-corrected chi connectivity index (χ0v) is 10.9. The van der Waals surface area contributed by atoms with E-state index in [0.29, 0.717) is 6.42 Å². The molecule has 0 fully saturated rings. The van der Waals surface area contributed by atoms with Gasteiger partial charge in [0, 0.05) is 14.1 Å². The molecule has 1 aromatic carbocycles. The van der Waals surface area contributed by atoms with Gasteiger partial charge in [0.2, 0.25) is 5.91 Å². The summed E-state index contributed by atoms with van der Waals surface area (Å²) in [4.78, 5) is 11.6. The normalized spacial score (nSPS) is 10.4. The molecule has 1 aromatic rings. The van der Waals surface area contributed by atoms with Crippen LogP contribution in [0.4, 0.5) is 0 Å². The van der Waals surface area contributed by atoms with Gasteiger partial charge in [-0.15, -0.1) is 0 Å². The van der Waals surface area contributed by atoms with Crippen LogP contribution in [0, 0.1) is 0 Å². The topological polar surface area (TPSA) is 41.6 Å². The van der Waals surface area contributed by atoms with Gasteiger partial charge in [-0.3, -0.25) is 10.2 Å². The highest BCUT2D eigenvalue weighted by Crippen LogP contribution is 2.20. The SMILES string of the molecule is CCc1cc(CC(=O)NN(C)C)ccc1OC. The largest absolute Gasteiger partial charge is 0.496 e. The molecule has 0 aliphatic rings. The lowest BCUT2D eigenvalue weighted by atomic mass is 10.1. The summed E-state index contributed by atoms with van der Waals surface area (Å²) in [6.07, 6.45) is 1.28. The average molecular weight is 236 g/mol. The Balaban J connectivity index is 2.75. The first-order valence-corrected chi connectivity index (χ1v) is 5.69. The van der Waals surface area contributed by atoms with E-state index in [9.17, 15) is 4.79 Å². The molecule has 0 unspecified atom stereocenters. The third kappa shape index (κ3) is 4.07. The van der Waals surface area contributed by atoms with Gasteiger partial charge in [-0.1, -0.05) is 19.1 Å². The van der Waals surface area contributed by atoms with Crippen LogP contribution >= 0.6 is 0 Å². The van der Waals surface area contributed by atoms with E-state index in [0.717, 1.165) is 23.3 Å². The van der Waals surface area contributed by atoms with Crippen LogP contribution in [0.1, 0.15) is 18.1 Å². The number of hydrogen-bond acceptors (Lipinski definition) is 3. The van der Waals surface area contributed by atoms with Crippen molar-refractivity contribution in [2.24, 2.45) is 0 Å². The fourth-order valence-corrected chi connectivity index (χ4v) is 1.69. The van der Waals surface area contributed by atoms with E-state index in [2.05, 4.69) is 12.3 Å². The molecule has 0 aromatic heterocycles. The lowest BCUT2D eigenvalue weighted by Crippen LogP contribution is -2.37. The summed E-state index contributed by atoms with van der Waals surface area (Å²) in [7, 11) is 5.25. The van der Waals surface area contributed by atoms with Crippen LogP contribution < -0.4 is 10.2 Å². The van der Waals surface area contributed by atoms with Crippen LogP contribution in [0.25, 0.3) is 0 Å². The zero-order valence-electron chi connectivity index (χ0n) is 10.9. The standard InChI is InChI=1S/C13H20N2O2/c1-5-11-8-10(6-7-12(11)17-4)9-13(16)14-15(2)3/h6-8H,5,9H2,1-4H3,(H,14,16). The summed E-state index contributed by atoms with van der Waals surface area (Å²) in [6.45, 7) is 2.07. The molecular formula is C13H20N2O2. The molecule has 0 aliphatic heterocycles. The molecule has 4 nitrogen and oxygen atoms in total. The first kappa shape index (κ1) is 13.5. The van der Waals surface area contributed by atoms with Crippen LogP contribution in [0.15, 0.2) is 18.2 Å². The Labute approximate surface area is 103 Å². The predicted octanol–water partition coefficient (Wildman–Crippen LogP) is 1.39. The number of rotatable bonds is 5. The number of carbonyl (C=O) groups excluding carboxylic acids is 1. The second kappa shape index (κ2) is 6.25. The molecule has 0 bridgehead atoms. The van der Waals surface area contributed by atoms with E-state index in [4.69, 9.17) is 4.74 Å². The third-order valence-electron chi connectivity index (χ3n) is 2.44. The Kier molecular flexibility index (Phi) is 4.97. The summed E-state index contributed by atoms with van der Waals surface area (Å²) in [5.74, 6) is 0.867. The molecule has 0 atom stereocenters. The Bertz CT molecular complexity index is 389. The Morgan fingerprint density at radius 2 is 2.12 bits per heavy atom. The monoisotopic (exact) mass is 236 g/mol. The Morgan fingerprint density at radius 1 is 1.41 bits per heavy atom. The summed E-state index contributed by atoms with van der Waals surface area (Å²) in [5.41, 5.74) is 4.85. The Morgan fingerprint density at radius 3 is 2.65 bits per heavy atom. The van der Waals surface area contributed by atoms with Crippen molar-refractivity contribution in [3.8, 4) is 5.75 Å². The summed E-state index contributed by atoms with van der Waals surface area (Å²) < 4.78 is 5.25. The van der Waals surface area contributed by atoms with Crippen molar-refractivity contribution in [1.82, 2.24) is 10.4 Å². The van der Waals surface area contributed by atoms with Crippen molar-refractivity contribution >= 4 is 5.91 Å². The van der Waals surface area contributed by atoms with Gasteiger partial charge >= 0.3 is 0 Å². The van der Waals surface area contributed by atoms with E-state index in [-0.39, 0.29) is 5.91 Å². The average Bonchev–Trinajstić information content (AvgIpc) is 2.27. The van der Waals surface area contributed by atoms with Gasteiger partial charge < -0.3 is 4.74 Å². The minimum Gasteiger partial charge on any atom is -0.496 e. The molecule has 1 N–H and O–H groups in total. The van der Waals surface area contributed by atoms with E-state index in [1.165, 1.54) is 0 Å². The molecule has 1 amide bonds. The number of amides is 1. The lowest BCUT2D eigenvalue weighted by Gasteiger charge is -2.13. The summed E-state index contributed by atoms with van der Waals surface area (Å²) in [5, 5.41) is 1.65. The van der Waals surface area contributed by atoms with Crippen molar-refractivity contribution in [1.29, 1.82) is 0 Å². The van der Waals surface area contributed by atoms with Crippen molar-refractivity contribution in [3.63, 3.8) is 0 Å². The molecule has 0 saturated carbocycles. The highest BCUT2D eigenvalue weighted by molar-refractivity contribution is 5.78. The maximum absolute atomic E-state index is 11.6. The van der Waals surface area contributed by atoms with Crippen molar-refractivity contribution in [2.45, 2.75) is 19.8 Å². The van der Waals surface area contributed by atoms with Gasteiger partial charge in [0.1, 0.15) is 5.75 Å². The minimum atomic E-state index is -0.0118. The number of hydrazine groups is 1. The van der Waals surface area contributed by atoms with Crippen molar-refractivity contribution in [2.75, 3.05) is 21.2 Å². The summed E-state index contributed by atoms with van der Waals surface area (Å²) >= 11 is 0. The van der Waals surface area contributed by atoms with Gasteiger partial charge in [-0.2, -0.15) is 0 Å². The molecule has 0 aliphatic carbocycles. The summed E-state index contributed by atoms with van der Waals surface area (Å²) in [6, 6.07) is 5.86. The number of carbonyl (C=O) groups is 1. The number of nitrogens with zero attached hydrogens (tertiary/aromatic N) is 1. The Hall–Kier alpha value is -1.55. The first-order valence-electron chi connectivity index (χ1n) is 5.69. The van der Waals surface area contributed by atoms with Crippen molar-refractivity contribution in [3.05, 3.63) is 29.3 Å². The fraction of sp³-hybridized carbons (Fsp3) is 0.462. The number of ether oxygens (including phenoxy) is 1. The van der Waals surface area contributed by atoms with E-state index in [1.54, 1.807) is 26.2 Å². The third-order valence-corrected chi connectivity index (χ3v) is 2.44. The number of nitrogens with one attached hydrogen (secondary N) is 1. The van der Waals surface area contributed by atoms with Gasteiger partial charge in [-0.05, 0) is 23.6 Å². The molecule has 17 heavy (non-hydrogen) atoms. The van der Waals surface area contributed by atoms with Crippen LogP contribution in [0.5, 0.6) is 5.75 Å². The lowest BCUT2D eigenvalue weighted by molar-refractivity contribution is -0.124. The van der Waals surface area contributed by atoms with Gasteiger partial charge in [0.05, 0.1) is 13.5 Å². The van der Waals surface area contributed by atoms with Gasteiger partial charge in [0.25, 0.3) is 0 Å². The number of methoxy groups -OCH3 is 1. The fourth-order valence-electron chi connectivity index (χ4n) is 1.69. The van der Waals surface area contributed by atoms with Crippen LogP contribution in [-0.4, -0.2) is 32.1 Å². The van der Waals surface area contributed by atoms with E-state index < -0.39 is 0 Å². The molecule has 94 valence electrons. The van der Waals surface area contributed by atoms with Crippen molar-refractivity contribution < 1.29 is 9.53 Å². The molecule has 0 spiro atoms. The number of hydrogen-bond donors (Lipinski definition) is 1. The maximum Gasteiger partial charge on any atom is 0.238 e. The smallest absolute Gasteiger partial charge is 0.238 e. The first-order chi connectivity index (χ1) is 8.06. The molecule has 0 heterocycles. The molecular weight excluding hydrogens is 216 g/mol. The highest BCUT2D eigenvalue weighted by Gasteiger charge is 2.07. The second-order valence-corrected chi connectivity index (χ2v) is 4.11. The van der Waals surface area contributed by atoms with Crippen LogP contribution in [0.3, 0.4) is 0 Å². The van der Waals surface area contributed by atoms with Gasteiger partial charge in [0.15, 0.2) is 0 Å². The molecule has 4 heteroatoms. The second-order valence-electron chi connectivity index (χ2n) is 4.11. The zero-order chi connectivity index (χ0) is 12.8.